The highest BCUT2D eigenvalue weighted by Crippen LogP contribution is 2.14. The molecule has 0 spiro atoms. The van der Waals surface area contributed by atoms with E-state index in [0.717, 1.165) is 96.3 Å². The summed E-state index contributed by atoms with van der Waals surface area (Å²) in [4.78, 5) is 38.2. The minimum Gasteiger partial charge on any atom is -0.462 e. The lowest BCUT2D eigenvalue weighted by atomic mass is 10.1. The molecule has 0 aromatic heterocycles. The Kier molecular flexibility index (Phi) is 55.4. The normalized spacial score (nSPS) is 12.9. The summed E-state index contributed by atoms with van der Waals surface area (Å²) in [6, 6.07) is 0. The lowest BCUT2D eigenvalue weighted by molar-refractivity contribution is -0.167. The molecular formula is C65H108O6. The van der Waals surface area contributed by atoms with Crippen molar-refractivity contribution in [3.63, 3.8) is 0 Å². The average molecular weight is 986 g/mol. The van der Waals surface area contributed by atoms with Crippen molar-refractivity contribution in [1.29, 1.82) is 0 Å². The fourth-order valence-corrected chi connectivity index (χ4v) is 7.77. The maximum atomic E-state index is 12.9. The largest absolute Gasteiger partial charge is 0.462 e. The van der Waals surface area contributed by atoms with Gasteiger partial charge in [-0.05, 0) is 128 Å². The number of esters is 3. The zero-order chi connectivity index (χ0) is 51.4. The summed E-state index contributed by atoms with van der Waals surface area (Å²) in [7, 11) is 0. The molecule has 0 N–H and O–H groups in total. The third-order valence-corrected chi connectivity index (χ3v) is 12.2. The molecule has 0 aliphatic heterocycles. The molecule has 0 aromatic carbocycles. The van der Waals surface area contributed by atoms with Gasteiger partial charge in [-0.1, -0.05) is 226 Å². The monoisotopic (exact) mass is 985 g/mol. The van der Waals surface area contributed by atoms with Crippen LogP contribution in [-0.2, 0) is 28.6 Å². The number of rotatable bonds is 52. The van der Waals surface area contributed by atoms with Crippen molar-refractivity contribution in [3.05, 3.63) is 109 Å². The Bertz CT molecular complexity index is 1460. The SMILES string of the molecule is CCCCC/C=C\C/C=C\C/C=C\C/C=C\CCCC(=O)OC[C@@H](COC(=O)CCCCCCCCCCC/C=C\C/C=C\CCCCC)OC(=O)CCCCCC/C=C\C/C=C\C/C=C\CCCCC. The third-order valence-electron chi connectivity index (χ3n) is 12.2. The Hall–Kier alpha value is -3.93. The maximum Gasteiger partial charge on any atom is 0.306 e. The number of carbonyl (C=O) groups excluding carboxylic acids is 3. The number of carbonyl (C=O) groups is 3. The van der Waals surface area contributed by atoms with Crippen molar-refractivity contribution in [1.82, 2.24) is 0 Å². The second-order valence-corrected chi connectivity index (χ2v) is 19.2. The molecule has 0 saturated carbocycles. The predicted molar refractivity (Wildman–Crippen MR) is 307 cm³/mol. The predicted octanol–water partition coefficient (Wildman–Crippen LogP) is 19.9. The van der Waals surface area contributed by atoms with E-state index in [1.54, 1.807) is 0 Å². The van der Waals surface area contributed by atoms with Gasteiger partial charge < -0.3 is 14.2 Å². The van der Waals surface area contributed by atoms with Crippen molar-refractivity contribution in [2.45, 2.75) is 271 Å². The maximum absolute atomic E-state index is 12.9. The smallest absolute Gasteiger partial charge is 0.306 e. The van der Waals surface area contributed by atoms with Gasteiger partial charge in [-0.3, -0.25) is 14.4 Å². The van der Waals surface area contributed by atoms with Gasteiger partial charge in [0.05, 0.1) is 0 Å². The Morgan fingerprint density at radius 2 is 0.521 bits per heavy atom. The molecule has 0 aliphatic carbocycles. The highest BCUT2D eigenvalue weighted by molar-refractivity contribution is 5.71. The van der Waals surface area contributed by atoms with Gasteiger partial charge in [-0.2, -0.15) is 0 Å². The molecule has 0 saturated heterocycles. The average Bonchev–Trinajstić information content (AvgIpc) is 3.37. The van der Waals surface area contributed by atoms with Crippen LogP contribution in [0.3, 0.4) is 0 Å². The first-order valence-corrected chi connectivity index (χ1v) is 29.4. The van der Waals surface area contributed by atoms with Crippen LogP contribution in [-0.4, -0.2) is 37.2 Å². The molecule has 0 bridgehead atoms. The van der Waals surface area contributed by atoms with E-state index in [1.807, 2.05) is 0 Å². The third kappa shape index (κ3) is 56.9. The van der Waals surface area contributed by atoms with E-state index in [0.29, 0.717) is 12.8 Å². The lowest BCUT2D eigenvalue weighted by Crippen LogP contribution is -2.30. The Morgan fingerprint density at radius 1 is 0.282 bits per heavy atom. The highest BCUT2D eigenvalue weighted by atomic mass is 16.6. The minimum atomic E-state index is -0.816. The molecule has 71 heavy (non-hydrogen) atoms. The first-order chi connectivity index (χ1) is 35.0. The summed E-state index contributed by atoms with van der Waals surface area (Å²) in [5.74, 6) is -0.991. The quantitative estimate of drug-likeness (QED) is 0.0261. The fraction of sp³-hybridized carbons (Fsp3) is 0.677. The molecule has 0 fully saturated rings. The van der Waals surface area contributed by atoms with Gasteiger partial charge in [-0.25, -0.2) is 0 Å². The van der Waals surface area contributed by atoms with Gasteiger partial charge in [0.1, 0.15) is 13.2 Å². The molecule has 0 unspecified atom stereocenters. The Labute approximate surface area is 438 Å². The number of ether oxygens (including phenoxy) is 3. The van der Waals surface area contributed by atoms with Crippen molar-refractivity contribution in [2.24, 2.45) is 0 Å². The van der Waals surface area contributed by atoms with E-state index in [4.69, 9.17) is 14.2 Å². The highest BCUT2D eigenvalue weighted by Gasteiger charge is 2.19. The first kappa shape index (κ1) is 67.1. The standard InChI is InChI=1S/C65H108O6/c1-4-7-10-13-16-19-22-25-28-31-32-35-37-40-43-46-49-52-55-58-64(67)70-61-62(71-65(68)59-56-53-50-47-44-41-38-34-30-27-24-21-18-15-12-9-6-3)60-69-63(66)57-54-51-48-45-42-39-36-33-29-26-23-20-17-14-11-8-5-2/h16-21,25-30,36,38-39,41,45,48,62H,4-15,22-24,31-35,37,40,42-44,46-47,49-61H2,1-3H3/b19-16-,20-17-,21-18-,28-25-,29-26-,30-27-,39-36-,41-38-,48-45-/t62-/m0/s1. The molecule has 0 amide bonds. The molecule has 0 aromatic rings. The van der Waals surface area contributed by atoms with E-state index in [1.165, 1.54) is 122 Å². The topological polar surface area (TPSA) is 78.9 Å². The fourth-order valence-electron chi connectivity index (χ4n) is 7.77. The zero-order valence-electron chi connectivity index (χ0n) is 46.2. The van der Waals surface area contributed by atoms with Crippen molar-refractivity contribution in [2.75, 3.05) is 13.2 Å². The van der Waals surface area contributed by atoms with Crippen LogP contribution in [0.1, 0.15) is 265 Å². The number of hydrogen-bond acceptors (Lipinski definition) is 6. The van der Waals surface area contributed by atoms with E-state index < -0.39 is 6.10 Å². The summed E-state index contributed by atoms with van der Waals surface area (Å²) in [5, 5.41) is 0. The van der Waals surface area contributed by atoms with E-state index in [-0.39, 0.29) is 44.0 Å². The van der Waals surface area contributed by atoms with E-state index in [2.05, 4.69) is 130 Å². The zero-order valence-corrected chi connectivity index (χ0v) is 46.2. The van der Waals surface area contributed by atoms with Gasteiger partial charge in [0, 0.05) is 19.3 Å². The van der Waals surface area contributed by atoms with Crippen LogP contribution < -0.4 is 0 Å². The van der Waals surface area contributed by atoms with Crippen LogP contribution in [0.25, 0.3) is 0 Å². The Balaban J connectivity index is 4.52. The summed E-state index contributed by atoms with van der Waals surface area (Å²) in [6.45, 7) is 6.49. The van der Waals surface area contributed by atoms with Gasteiger partial charge in [0.15, 0.2) is 6.10 Å². The van der Waals surface area contributed by atoms with Crippen molar-refractivity contribution >= 4 is 17.9 Å². The van der Waals surface area contributed by atoms with Crippen molar-refractivity contribution < 1.29 is 28.6 Å². The molecule has 6 nitrogen and oxygen atoms in total. The number of hydrogen-bond donors (Lipinski definition) is 0. The molecule has 0 radical (unpaired) electrons. The summed E-state index contributed by atoms with van der Waals surface area (Å²) < 4.78 is 16.8. The second kappa shape index (κ2) is 58.6. The first-order valence-electron chi connectivity index (χ1n) is 29.4. The molecule has 0 aliphatic rings. The summed E-state index contributed by atoms with van der Waals surface area (Å²) in [5.41, 5.74) is 0. The van der Waals surface area contributed by atoms with Crippen LogP contribution in [0, 0.1) is 0 Å². The van der Waals surface area contributed by atoms with Crippen LogP contribution in [0.5, 0.6) is 0 Å². The molecule has 0 rings (SSSR count). The molecule has 0 heterocycles. The summed E-state index contributed by atoms with van der Waals surface area (Å²) in [6.07, 6.45) is 79.3. The molecule has 6 heteroatoms. The van der Waals surface area contributed by atoms with Crippen LogP contribution in [0.4, 0.5) is 0 Å². The second-order valence-electron chi connectivity index (χ2n) is 19.2. The molecule has 1 atom stereocenters. The van der Waals surface area contributed by atoms with Crippen LogP contribution in [0.2, 0.25) is 0 Å². The van der Waals surface area contributed by atoms with E-state index >= 15 is 0 Å². The van der Waals surface area contributed by atoms with Crippen molar-refractivity contribution in [3.8, 4) is 0 Å². The number of unbranched alkanes of at least 4 members (excludes halogenated alkanes) is 23. The molecular weight excluding hydrogens is 877 g/mol. The molecule has 404 valence electrons. The van der Waals surface area contributed by atoms with Crippen LogP contribution >= 0.6 is 0 Å². The van der Waals surface area contributed by atoms with E-state index in [9.17, 15) is 14.4 Å². The van der Waals surface area contributed by atoms with Gasteiger partial charge in [0.2, 0.25) is 0 Å². The summed E-state index contributed by atoms with van der Waals surface area (Å²) >= 11 is 0. The minimum absolute atomic E-state index is 0.108. The van der Waals surface area contributed by atoms with Gasteiger partial charge in [-0.15, -0.1) is 0 Å². The lowest BCUT2D eigenvalue weighted by Gasteiger charge is -2.18. The number of allylic oxidation sites excluding steroid dienone is 18. The van der Waals surface area contributed by atoms with Crippen LogP contribution in [0.15, 0.2) is 109 Å². The van der Waals surface area contributed by atoms with Gasteiger partial charge >= 0.3 is 17.9 Å². The Morgan fingerprint density at radius 3 is 0.845 bits per heavy atom. The van der Waals surface area contributed by atoms with Gasteiger partial charge in [0.25, 0.3) is 0 Å².